The van der Waals surface area contributed by atoms with E-state index in [0.717, 1.165) is 19.3 Å². The number of aliphatic hydroxyl groups is 1. The smallest absolute Gasteiger partial charge is 0.0693 e. The van der Waals surface area contributed by atoms with Crippen LogP contribution < -0.4 is 5.32 Å². The lowest BCUT2D eigenvalue weighted by Crippen LogP contribution is -2.46. The zero-order valence-electron chi connectivity index (χ0n) is 10.8. The molecular weight excluding hydrogens is 230 g/mol. The molecule has 3 heteroatoms. The van der Waals surface area contributed by atoms with Gasteiger partial charge in [-0.3, -0.25) is 0 Å². The molecule has 1 aromatic rings. The Morgan fingerprint density at radius 1 is 1.41 bits per heavy atom. The molecule has 1 unspecified atom stereocenters. The van der Waals surface area contributed by atoms with E-state index >= 15 is 0 Å². The van der Waals surface area contributed by atoms with Gasteiger partial charge in [-0.2, -0.15) is 0 Å². The highest BCUT2D eigenvalue weighted by atomic mass is 32.1. The molecule has 0 aromatic carbocycles. The van der Waals surface area contributed by atoms with E-state index in [9.17, 15) is 5.11 Å². The van der Waals surface area contributed by atoms with Crippen molar-refractivity contribution in [1.29, 1.82) is 0 Å². The van der Waals surface area contributed by atoms with Crippen LogP contribution in [0, 0.1) is 6.92 Å². The summed E-state index contributed by atoms with van der Waals surface area (Å²) < 4.78 is 0. The molecule has 1 aromatic heterocycles. The monoisotopic (exact) mass is 253 g/mol. The molecule has 0 aliphatic heterocycles. The molecule has 1 fully saturated rings. The highest BCUT2D eigenvalue weighted by Crippen LogP contribution is 2.20. The molecule has 2 nitrogen and oxygen atoms in total. The number of thiophene rings is 1. The van der Waals surface area contributed by atoms with Gasteiger partial charge in [-0.1, -0.05) is 12.8 Å². The lowest BCUT2D eigenvalue weighted by molar-refractivity contribution is 0.0860. The third-order valence-corrected chi connectivity index (χ3v) is 4.55. The van der Waals surface area contributed by atoms with Crippen LogP contribution in [0.25, 0.3) is 0 Å². The largest absolute Gasteiger partial charge is 0.392 e. The lowest BCUT2D eigenvalue weighted by Gasteiger charge is -2.31. The number of nitrogens with one attached hydrogen (secondary N) is 1. The van der Waals surface area contributed by atoms with Gasteiger partial charge in [0.15, 0.2) is 0 Å². The minimum absolute atomic E-state index is 0.142. The summed E-state index contributed by atoms with van der Waals surface area (Å²) in [4.78, 5) is 2.82. The first-order valence-corrected chi connectivity index (χ1v) is 7.46. The second-order valence-corrected chi connectivity index (χ2v) is 6.61. The Bertz CT molecular complexity index is 350. The normalized spacial score (nSPS) is 27.0. The Morgan fingerprint density at radius 2 is 2.18 bits per heavy atom. The van der Waals surface area contributed by atoms with Crippen molar-refractivity contribution in [3.8, 4) is 0 Å². The van der Waals surface area contributed by atoms with Crippen LogP contribution in [-0.4, -0.2) is 23.3 Å². The van der Waals surface area contributed by atoms with E-state index in [4.69, 9.17) is 0 Å². The van der Waals surface area contributed by atoms with E-state index in [1.807, 2.05) is 11.3 Å². The van der Waals surface area contributed by atoms with Crippen LogP contribution in [-0.2, 0) is 6.42 Å². The Morgan fingerprint density at radius 3 is 2.82 bits per heavy atom. The van der Waals surface area contributed by atoms with Gasteiger partial charge in [0, 0.05) is 21.8 Å². The van der Waals surface area contributed by atoms with Gasteiger partial charge < -0.3 is 10.4 Å². The van der Waals surface area contributed by atoms with Crippen molar-refractivity contribution < 1.29 is 5.11 Å². The lowest BCUT2D eigenvalue weighted by atomic mass is 9.92. The molecule has 96 valence electrons. The molecule has 2 rings (SSSR count). The minimum Gasteiger partial charge on any atom is -0.392 e. The van der Waals surface area contributed by atoms with Crippen molar-refractivity contribution >= 4 is 11.3 Å². The van der Waals surface area contributed by atoms with Crippen LogP contribution in [0.5, 0.6) is 0 Å². The molecule has 0 amide bonds. The second kappa shape index (κ2) is 5.98. The topological polar surface area (TPSA) is 32.3 Å². The zero-order chi connectivity index (χ0) is 12.3. The Hall–Kier alpha value is -0.380. The number of aliphatic hydroxyl groups excluding tert-OH is 1. The van der Waals surface area contributed by atoms with Gasteiger partial charge >= 0.3 is 0 Å². The second-order valence-electron chi connectivity index (χ2n) is 5.24. The number of aryl methyl sites for hydroxylation is 1. The van der Waals surface area contributed by atoms with E-state index in [1.165, 1.54) is 22.6 Å². The molecule has 0 saturated heterocycles. The predicted octanol–water partition coefficient (Wildman–Crippen LogP) is 2.88. The maximum absolute atomic E-state index is 9.93. The Kier molecular flexibility index (Phi) is 4.60. The van der Waals surface area contributed by atoms with Gasteiger partial charge in [-0.25, -0.2) is 0 Å². The summed E-state index contributed by atoms with van der Waals surface area (Å²) >= 11 is 1.88. The molecule has 2 N–H and O–H groups in total. The SMILES string of the molecule is Cc1ccc(CC(C)N[C@H]2CCCC[C@@H]2O)s1. The zero-order valence-corrected chi connectivity index (χ0v) is 11.6. The third-order valence-electron chi connectivity index (χ3n) is 3.53. The highest BCUT2D eigenvalue weighted by Gasteiger charge is 2.24. The summed E-state index contributed by atoms with van der Waals surface area (Å²) in [5.41, 5.74) is 0. The average Bonchev–Trinajstić information content (AvgIpc) is 2.67. The summed E-state index contributed by atoms with van der Waals surface area (Å²) in [5, 5.41) is 13.5. The quantitative estimate of drug-likeness (QED) is 0.865. The summed E-state index contributed by atoms with van der Waals surface area (Å²) in [6.07, 6.45) is 5.44. The fourth-order valence-electron chi connectivity index (χ4n) is 2.63. The van der Waals surface area contributed by atoms with Gasteiger partial charge in [-0.15, -0.1) is 11.3 Å². The fourth-order valence-corrected chi connectivity index (χ4v) is 3.65. The maximum atomic E-state index is 9.93. The Balaban J connectivity index is 1.82. The van der Waals surface area contributed by atoms with E-state index in [-0.39, 0.29) is 6.10 Å². The molecule has 3 atom stereocenters. The molecule has 0 radical (unpaired) electrons. The van der Waals surface area contributed by atoms with Gasteiger partial charge in [-0.05, 0) is 45.2 Å². The van der Waals surface area contributed by atoms with E-state index in [0.29, 0.717) is 12.1 Å². The molecule has 1 saturated carbocycles. The summed E-state index contributed by atoms with van der Waals surface area (Å²) in [6, 6.07) is 5.16. The van der Waals surface area contributed by atoms with E-state index < -0.39 is 0 Å². The highest BCUT2D eigenvalue weighted by molar-refractivity contribution is 7.11. The first kappa shape index (κ1) is 13.1. The molecule has 0 spiro atoms. The van der Waals surface area contributed by atoms with E-state index in [2.05, 4.69) is 31.3 Å². The van der Waals surface area contributed by atoms with Crippen LogP contribution in [0.15, 0.2) is 12.1 Å². The molecular formula is C14H23NOS. The summed E-state index contributed by atoms with van der Waals surface area (Å²) in [7, 11) is 0. The van der Waals surface area contributed by atoms with Gasteiger partial charge in [0.1, 0.15) is 0 Å². The fraction of sp³-hybridized carbons (Fsp3) is 0.714. The van der Waals surface area contributed by atoms with Crippen molar-refractivity contribution in [1.82, 2.24) is 5.32 Å². The summed E-state index contributed by atoms with van der Waals surface area (Å²) in [5.74, 6) is 0. The first-order valence-electron chi connectivity index (χ1n) is 6.64. The number of hydrogen-bond donors (Lipinski definition) is 2. The first-order chi connectivity index (χ1) is 8.15. The Labute approximate surface area is 108 Å². The van der Waals surface area contributed by atoms with Gasteiger partial charge in [0.05, 0.1) is 6.10 Å². The molecule has 1 heterocycles. The van der Waals surface area contributed by atoms with Crippen LogP contribution >= 0.6 is 11.3 Å². The maximum Gasteiger partial charge on any atom is 0.0693 e. The standard InChI is InChI=1S/C14H23NOS/c1-10(9-12-8-7-11(2)17-12)15-13-5-3-4-6-14(13)16/h7-8,10,13-16H,3-6,9H2,1-2H3/t10?,13-,14-/m0/s1. The van der Waals surface area contributed by atoms with Crippen LogP contribution in [0.3, 0.4) is 0 Å². The van der Waals surface area contributed by atoms with Crippen molar-refractivity contribution in [3.05, 3.63) is 21.9 Å². The molecule has 1 aliphatic rings. The van der Waals surface area contributed by atoms with Crippen molar-refractivity contribution in [2.45, 2.75) is 64.1 Å². The number of hydrogen-bond acceptors (Lipinski definition) is 3. The van der Waals surface area contributed by atoms with Crippen molar-refractivity contribution in [3.63, 3.8) is 0 Å². The van der Waals surface area contributed by atoms with Gasteiger partial charge in [0.2, 0.25) is 0 Å². The predicted molar refractivity (Wildman–Crippen MR) is 73.6 cm³/mol. The van der Waals surface area contributed by atoms with Crippen molar-refractivity contribution in [2.75, 3.05) is 0 Å². The van der Waals surface area contributed by atoms with Crippen molar-refractivity contribution in [2.24, 2.45) is 0 Å². The summed E-state index contributed by atoms with van der Waals surface area (Å²) in [6.45, 7) is 4.37. The molecule has 1 aliphatic carbocycles. The minimum atomic E-state index is -0.142. The number of rotatable bonds is 4. The third kappa shape index (κ3) is 3.80. The van der Waals surface area contributed by atoms with E-state index in [1.54, 1.807) is 0 Å². The molecule has 17 heavy (non-hydrogen) atoms. The molecule has 0 bridgehead atoms. The van der Waals surface area contributed by atoms with Crippen LogP contribution in [0.4, 0.5) is 0 Å². The van der Waals surface area contributed by atoms with Crippen LogP contribution in [0.1, 0.15) is 42.4 Å². The van der Waals surface area contributed by atoms with Gasteiger partial charge in [0.25, 0.3) is 0 Å². The van der Waals surface area contributed by atoms with Crippen LogP contribution in [0.2, 0.25) is 0 Å². The average molecular weight is 253 g/mol.